The molecule has 83 heavy (non-hydrogen) atoms. The van der Waals surface area contributed by atoms with Gasteiger partial charge in [-0.1, -0.05) is 0 Å². The molecule has 0 aromatic carbocycles. The van der Waals surface area contributed by atoms with Crippen molar-refractivity contribution in [3.8, 4) is 0 Å². The molecule has 35 atom stereocenters. The molecule has 37 heteroatoms. The van der Waals surface area contributed by atoms with E-state index in [-0.39, 0.29) is 17.1 Å². The maximum atomic E-state index is 11.7. The first kappa shape index (κ1) is 69.3. The highest BCUT2D eigenvalue weighted by molar-refractivity contribution is 5.01. The summed E-state index contributed by atoms with van der Waals surface area (Å²) < 4.78 is 80.9. The van der Waals surface area contributed by atoms with Crippen LogP contribution < -0.4 is 12.4 Å². The smallest absolute Gasteiger partial charge is 0.187 e. The van der Waals surface area contributed by atoms with E-state index in [9.17, 15) is 102 Å². The van der Waals surface area contributed by atoms with Gasteiger partial charge in [0.15, 0.2) is 44.0 Å². The van der Waals surface area contributed by atoms with Gasteiger partial charge in [-0.05, 0) is 6.92 Å². The molecule has 21 saturated heterocycles. The standard InChI is InChI=1S/C46H80NO35.ClH/c1-4-47(2,3)68-11-18-39-25(60)32(67)46(75-18)81-38-17(10-53)73-44(30(65)23(38)58)79-36-15(8-51)71-42(28(63)21(36)56)77-34-13(6-49)69-40(26(61)19(34)54)76-33-12(5-48)70-41(27(62)20(33)55)78-35-14(7-50)72-43(29(64)22(35)57)80-37-16(9-52)74-45(82-39)31(66)24(37)59;/h12-46,48-67H,4-11H2,1-3H3;1H/q+1;/p-1/t12-,13+,14-,15+,16-,17+,18-,19+,20+,21-,22+,23+,24+,25+,26+,27+,28-,29+,30-,31+,32+,33+,34+,35+,36+,37+,38+,39+,40+,41+,42+,43+,44+,45+,46+;/m0./s1. The quantitative estimate of drug-likeness (QED) is 0.0713. The van der Waals surface area contributed by atoms with Gasteiger partial charge in [-0.3, -0.25) is 0 Å². The molecule has 21 rings (SSSR count). The van der Waals surface area contributed by atoms with Crippen LogP contribution in [0.4, 0.5) is 0 Å². The minimum atomic E-state index is -2.21. The Morgan fingerprint density at radius 2 is 0.422 bits per heavy atom. The van der Waals surface area contributed by atoms with Crippen molar-refractivity contribution in [2.75, 3.05) is 66.9 Å². The Bertz CT molecular complexity index is 1970. The fourth-order valence-corrected chi connectivity index (χ4v) is 10.8. The fourth-order valence-electron chi connectivity index (χ4n) is 10.8. The maximum Gasteiger partial charge on any atom is 0.187 e. The first-order chi connectivity index (χ1) is 38.9. The van der Waals surface area contributed by atoms with Gasteiger partial charge in [-0.2, -0.15) is 4.65 Å². The minimum absolute atomic E-state index is 0. The number of hydroxylamine groups is 3. The lowest BCUT2D eigenvalue weighted by molar-refractivity contribution is -1.08. The van der Waals surface area contributed by atoms with Crippen LogP contribution in [-0.2, 0) is 71.2 Å². The zero-order valence-electron chi connectivity index (χ0n) is 44.8. The van der Waals surface area contributed by atoms with E-state index in [4.69, 9.17) is 71.2 Å². The summed E-state index contributed by atoms with van der Waals surface area (Å²) in [6, 6.07) is 0. The minimum Gasteiger partial charge on any atom is -1.00 e. The second-order valence-electron chi connectivity index (χ2n) is 21.7. The molecular formula is C46H80ClNO35. The second kappa shape index (κ2) is 29.2. The summed E-state index contributed by atoms with van der Waals surface area (Å²) in [7, 11) is 3.27. The third-order valence-corrected chi connectivity index (χ3v) is 16.0. The van der Waals surface area contributed by atoms with Crippen LogP contribution in [-0.4, -0.2) is 389 Å². The van der Waals surface area contributed by atoms with Crippen LogP contribution >= 0.6 is 0 Å². The van der Waals surface area contributed by atoms with Crippen molar-refractivity contribution >= 4 is 0 Å². The SMILES string of the molecule is CC[N+](C)(C)OC[C@@H]1O[C@@H]2O[C@H]3[C@H](O)[C@H](O)[C@@H](O[C@H]4[C@@H](O)[C@H](O)[C@@H](O[C@H]5[C@H](O)[C@@H](O)[C@@H](O[C@H]6[C@H](O)[C@@H](O)[C@@H](O[C@H]7[C@H](O)[C@@H](O)[C@@H](O[C@H]8[C@H](O)[C@@H](O)[C@@H](O[C@H]1[C@H](O)[C@H]2O)O[C@H]8CO)O[C@H]7CO)O[C@H]6CO)O[C@@H]5CO)O[C@@H]4CO)O[C@@H]3CO.[Cl-]. The van der Waals surface area contributed by atoms with E-state index >= 15 is 0 Å². The molecule has 0 aliphatic carbocycles. The molecule has 21 heterocycles. The Labute approximate surface area is 478 Å². The largest absolute Gasteiger partial charge is 1.00 e. The molecule has 36 nitrogen and oxygen atoms in total. The normalized spacial score (nSPS) is 52.3. The van der Waals surface area contributed by atoms with Gasteiger partial charge in [0.1, 0.15) is 184 Å². The van der Waals surface area contributed by atoms with Crippen molar-refractivity contribution in [1.29, 1.82) is 0 Å². The number of rotatable bonds is 10. The monoisotopic (exact) mass is 1240 g/mol. The molecule has 0 aromatic heterocycles. The summed E-state index contributed by atoms with van der Waals surface area (Å²) in [4.78, 5) is 5.99. The van der Waals surface area contributed by atoms with Gasteiger partial charge < -0.3 is 181 Å². The predicted octanol–water partition coefficient (Wildman–Crippen LogP) is -17.2. The molecule has 0 saturated carbocycles. The summed E-state index contributed by atoms with van der Waals surface area (Å²) in [5.41, 5.74) is 0. The van der Waals surface area contributed by atoms with Crippen LogP contribution in [0.5, 0.6) is 0 Å². The number of quaternary nitrogens is 1. The van der Waals surface area contributed by atoms with Crippen LogP contribution in [0.2, 0.25) is 0 Å². The average Bonchev–Trinajstić information content (AvgIpc) is 3.18. The van der Waals surface area contributed by atoms with Crippen molar-refractivity contribution in [3.05, 3.63) is 0 Å². The summed E-state index contributed by atoms with van der Waals surface area (Å²) in [5.74, 6) is 0. The fraction of sp³-hybridized carbons (Fsp3) is 1.00. The van der Waals surface area contributed by atoms with Gasteiger partial charge in [0, 0.05) is 0 Å². The number of hydrogen-bond acceptors (Lipinski definition) is 35. The van der Waals surface area contributed by atoms with Crippen molar-refractivity contribution < 1.29 is 190 Å². The van der Waals surface area contributed by atoms with E-state index in [1.807, 2.05) is 0 Å². The molecule has 20 N–H and O–H groups in total. The van der Waals surface area contributed by atoms with E-state index in [1.165, 1.54) is 0 Å². The van der Waals surface area contributed by atoms with Gasteiger partial charge in [0.05, 0.1) is 53.7 Å². The van der Waals surface area contributed by atoms with Gasteiger partial charge in [0.2, 0.25) is 0 Å². The maximum absolute atomic E-state index is 11.7. The first-order valence-corrected chi connectivity index (χ1v) is 26.7. The molecule has 21 aliphatic heterocycles. The lowest BCUT2D eigenvalue weighted by Gasteiger charge is -2.50. The van der Waals surface area contributed by atoms with E-state index in [1.54, 1.807) is 21.0 Å². The Morgan fingerprint density at radius 3 is 0.578 bits per heavy atom. The molecule has 0 radical (unpaired) electrons. The molecule has 0 aromatic rings. The molecule has 486 valence electrons. The summed E-state index contributed by atoms with van der Waals surface area (Å²) in [5, 5.41) is 223. The first-order valence-electron chi connectivity index (χ1n) is 26.7. The van der Waals surface area contributed by atoms with Gasteiger partial charge in [-0.25, -0.2) is 4.84 Å². The van der Waals surface area contributed by atoms with Gasteiger partial charge in [-0.15, -0.1) is 0 Å². The number of hydrogen-bond donors (Lipinski definition) is 20. The summed E-state index contributed by atoms with van der Waals surface area (Å²) >= 11 is 0. The molecule has 21 aliphatic rings. The van der Waals surface area contributed by atoms with E-state index in [0.717, 1.165) is 0 Å². The lowest BCUT2D eigenvalue weighted by atomic mass is 9.95. The van der Waals surface area contributed by atoms with Crippen LogP contribution in [0, 0.1) is 0 Å². The number of halogens is 1. The molecular weight excluding hydrogens is 1160 g/mol. The Morgan fingerprint density at radius 1 is 0.265 bits per heavy atom. The average molecular weight is 1240 g/mol. The third-order valence-electron chi connectivity index (χ3n) is 16.0. The van der Waals surface area contributed by atoms with E-state index in [0.29, 0.717) is 6.54 Å². The van der Waals surface area contributed by atoms with Crippen LogP contribution in [0.25, 0.3) is 0 Å². The molecule has 21 fully saturated rings. The Balaban J connectivity index is 0.00000990. The summed E-state index contributed by atoms with van der Waals surface area (Å²) in [6.45, 7) is -4.62. The van der Waals surface area contributed by atoms with Crippen molar-refractivity contribution in [1.82, 2.24) is 0 Å². The van der Waals surface area contributed by atoms with E-state index < -0.39 is 261 Å². The van der Waals surface area contributed by atoms with Gasteiger partial charge in [0.25, 0.3) is 0 Å². The third kappa shape index (κ3) is 14.2. The van der Waals surface area contributed by atoms with Gasteiger partial charge >= 0.3 is 0 Å². The molecule has 0 amide bonds. The van der Waals surface area contributed by atoms with Crippen molar-refractivity contribution in [3.63, 3.8) is 0 Å². The van der Waals surface area contributed by atoms with Crippen LogP contribution in [0.1, 0.15) is 6.92 Å². The summed E-state index contributed by atoms with van der Waals surface area (Å²) in [6.07, 6.45) is -69.6. The predicted molar refractivity (Wildman–Crippen MR) is 250 cm³/mol. The van der Waals surface area contributed by atoms with E-state index in [2.05, 4.69) is 0 Å². The highest BCUT2D eigenvalue weighted by atomic mass is 35.5. The molecule has 0 unspecified atom stereocenters. The Kier molecular flexibility index (Phi) is 24.4. The van der Waals surface area contributed by atoms with Crippen LogP contribution in [0.3, 0.4) is 0 Å². The zero-order valence-corrected chi connectivity index (χ0v) is 45.5. The number of aliphatic hydroxyl groups excluding tert-OH is 20. The zero-order chi connectivity index (χ0) is 60.0. The highest BCUT2D eigenvalue weighted by Crippen LogP contribution is 2.39. The Hall–Kier alpha value is -1.15. The number of nitrogens with zero attached hydrogens (tertiary/aromatic N) is 1. The number of ether oxygens (including phenoxy) is 14. The van der Waals surface area contributed by atoms with Crippen molar-refractivity contribution in [2.45, 2.75) is 222 Å². The topological polar surface area (TPSA) is 543 Å². The lowest BCUT2D eigenvalue weighted by Crippen LogP contribution is -3.00. The second-order valence-corrected chi connectivity index (χ2v) is 21.7. The highest BCUT2D eigenvalue weighted by Gasteiger charge is 2.60. The number of aliphatic hydroxyl groups is 20. The molecule has 14 bridgehead atoms. The van der Waals surface area contributed by atoms with Crippen molar-refractivity contribution in [2.24, 2.45) is 0 Å². The molecule has 0 spiro atoms. The van der Waals surface area contributed by atoms with Crippen LogP contribution in [0.15, 0.2) is 0 Å².